The van der Waals surface area contributed by atoms with Gasteiger partial charge < -0.3 is 5.32 Å². The largest absolute Gasteiger partial charge is 0.345 e. The molecule has 1 N–H and O–H groups in total. The summed E-state index contributed by atoms with van der Waals surface area (Å²) in [5.74, 6) is 0. The van der Waals surface area contributed by atoms with Crippen LogP contribution in [0.3, 0.4) is 0 Å². The second kappa shape index (κ2) is 4.64. The Hall–Kier alpha value is -1.50. The zero-order chi connectivity index (χ0) is 12.5. The Kier molecular flexibility index (Phi) is 2.99. The molecule has 3 rings (SSSR count). The summed E-state index contributed by atoms with van der Waals surface area (Å²) in [7, 11) is 2.44. The minimum atomic E-state index is -0.121. The first-order valence-electron chi connectivity index (χ1n) is 5.00. The summed E-state index contributed by atoms with van der Waals surface area (Å²) in [6, 6.07) is 5.61. The lowest BCUT2D eigenvalue weighted by molar-refractivity contribution is 1.29. The van der Waals surface area contributed by atoms with Gasteiger partial charge in [0, 0.05) is 18.1 Å². The highest BCUT2D eigenvalue weighted by molar-refractivity contribution is 7.70. The lowest BCUT2D eigenvalue weighted by Crippen LogP contribution is -1.93. The molecule has 90 valence electrons. The van der Waals surface area contributed by atoms with E-state index in [2.05, 4.69) is 15.3 Å². The topological polar surface area (TPSA) is 54.9 Å². The number of nitrogens with one attached hydrogen (secondary N) is 1. The Morgan fingerprint density at radius 2 is 1.89 bits per heavy atom. The summed E-state index contributed by atoms with van der Waals surface area (Å²) >= 11 is 5.89. The highest BCUT2D eigenvalue weighted by atomic mass is 35.5. The van der Waals surface area contributed by atoms with Crippen LogP contribution in [-0.4, -0.2) is 9.97 Å². The maximum Gasteiger partial charge on any atom is 0.263 e. The maximum atomic E-state index is 11.3. The molecule has 0 fully saturated rings. The Labute approximate surface area is 114 Å². The number of hydrogen-bond acceptors (Lipinski definition) is 6. The van der Waals surface area contributed by atoms with Gasteiger partial charge in [0.1, 0.15) is 10.0 Å². The van der Waals surface area contributed by atoms with Crippen molar-refractivity contribution in [3.8, 4) is 0 Å². The SMILES string of the molecule is O=c1ssc(Nc2ccc3nccnc3c2)c1Cl. The molecule has 4 nitrogen and oxygen atoms in total. The van der Waals surface area contributed by atoms with Crippen LogP contribution in [0.25, 0.3) is 11.0 Å². The predicted molar refractivity (Wildman–Crippen MR) is 76.3 cm³/mol. The molecule has 0 unspecified atom stereocenters. The van der Waals surface area contributed by atoms with E-state index in [0.717, 1.165) is 27.1 Å². The molecule has 0 aliphatic carbocycles. The molecular formula is C11H6ClN3OS2. The van der Waals surface area contributed by atoms with Gasteiger partial charge in [-0.2, -0.15) is 0 Å². The molecule has 1 aromatic carbocycles. The lowest BCUT2D eigenvalue weighted by Gasteiger charge is -2.04. The van der Waals surface area contributed by atoms with Gasteiger partial charge in [0.05, 0.1) is 11.0 Å². The summed E-state index contributed by atoms with van der Waals surface area (Å²) in [6.07, 6.45) is 3.29. The number of aromatic nitrogens is 2. The number of fused-ring (bicyclic) bond motifs is 1. The smallest absolute Gasteiger partial charge is 0.263 e. The number of benzene rings is 1. The van der Waals surface area contributed by atoms with Crippen LogP contribution in [0.15, 0.2) is 35.4 Å². The number of nitrogens with zero attached hydrogens (tertiary/aromatic N) is 2. The van der Waals surface area contributed by atoms with E-state index in [0.29, 0.717) is 5.00 Å². The van der Waals surface area contributed by atoms with Gasteiger partial charge in [-0.05, 0) is 28.5 Å². The summed E-state index contributed by atoms with van der Waals surface area (Å²) in [5.41, 5.74) is 2.45. The number of rotatable bonds is 2. The lowest BCUT2D eigenvalue weighted by atomic mass is 10.2. The summed E-state index contributed by atoms with van der Waals surface area (Å²) in [6.45, 7) is 0. The Morgan fingerprint density at radius 1 is 1.11 bits per heavy atom. The minimum absolute atomic E-state index is 0.121. The van der Waals surface area contributed by atoms with Gasteiger partial charge in [0.15, 0.2) is 0 Å². The number of halogens is 1. The fraction of sp³-hybridized carbons (Fsp3) is 0. The van der Waals surface area contributed by atoms with Crippen molar-refractivity contribution >= 4 is 54.0 Å². The van der Waals surface area contributed by atoms with Gasteiger partial charge in [-0.3, -0.25) is 14.8 Å². The van der Waals surface area contributed by atoms with Crippen LogP contribution < -0.4 is 10.1 Å². The van der Waals surface area contributed by atoms with E-state index in [1.807, 2.05) is 18.2 Å². The second-order valence-corrected chi connectivity index (χ2v) is 5.97. The minimum Gasteiger partial charge on any atom is -0.345 e. The first-order valence-corrected chi connectivity index (χ1v) is 7.53. The molecule has 7 heteroatoms. The van der Waals surface area contributed by atoms with Crippen LogP contribution in [0.4, 0.5) is 10.7 Å². The molecule has 0 saturated heterocycles. The second-order valence-electron chi connectivity index (χ2n) is 3.48. The normalized spacial score (nSPS) is 10.7. The van der Waals surface area contributed by atoms with E-state index in [4.69, 9.17) is 11.6 Å². The molecule has 0 spiro atoms. The first-order chi connectivity index (χ1) is 8.74. The third kappa shape index (κ3) is 2.10. The third-order valence-corrected chi connectivity index (χ3v) is 5.01. The van der Waals surface area contributed by atoms with Crippen molar-refractivity contribution in [3.63, 3.8) is 0 Å². The van der Waals surface area contributed by atoms with Gasteiger partial charge in [0.25, 0.3) is 4.74 Å². The molecule has 0 aliphatic rings. The van der Waals surface area contributed by atoms with Crippen molar-refractivity contribution in [2.75, 3.05) is 5.32 Å². The first kappa shape index (κ1) is 11.6. The van der Waals surface area contributed by atoms with Crippen molar-refractivity contribution in [3.05, 3.63) is 45.2 Å². The van der Waals surface area contributed by atoms with Crippen molar-refractivity contribution in [1.29, 1.82) is 0 Å². The zero-order valence-corrected chi connectivity index (χ0v) is 11.3. The van der Waals surface area contributed by atoms with Crippen LogP contribution in [0.2, 0.25) is 5.02 Å². The highest BCUT2D eigenvalue weighted by Crippen LogP contribution is 2.30. The van der Waals surface area contributed by atoms with E-state index in [-0.39, 0.29) is 9.77 Å². The molecular weight excluding hydrogens is 290 g/mol. The molecule has 0 bridgehead atoms. The molecule has 18 heavy (non-hydrogen) atoms. The van der Waals surface area contributed by atoms with Crippen molar-refractivity contribution < 1.29 is 0 Å². The van der Waals surface area contributed by atoms with E-state index >= 15 is 0 Å². The highest BCUT2D eigenvalue weighted by Gasteiger charge is 2.08. The number of hydrogen-bond donors (Lipinski definition) is 1. The summed E-state index contributed by atoms with van der Waals surface area (Å²) in [4.78, 5) is 19.7. The van der Waals surface area contributed by atoms with Gasteiger partial charge in [-0.25, -0.2) is 0 Å². The van der Waals surface area contributed by atoms with Crippen LogP contribution in [0.5, 0.6) is 0 Å². The van der Waals surface area contributed by atoms with Crippen LogP contribution in [0, 0.1) is 0 Å². The Bertz CT molecular complexity index is 768. The molecule has 3 aromatic rings. The van der Waals surface area contributed by atoms with Crippen LogP contribution in [-0.2, 0) is 0 Å². The van der Waals surface area contributed by atoms with Gasteiger partial charge in [-0.15, -0.1) is 0 Å². The standard InChI is InChI=1S/C11H6ClN3OS2/c12-9-10(17-18-11(9)16)15-6-1-2-7-8(5-6)14-4-3-13-7/h1-5,15H. The molecule has 0 aliphatic heterocycles. The molecule has 0 radical (unpaired) electrons. The molecule has 2 aromatic heterocycles. The fourth-order valence-corrected chi connectivity index (χ4v) is 3.87. The summed E-state index contributed by atoms with van der Waals surface area (Å²) in [5, 5.41) is 4.02. The quantitative estimate of drug-likeness (QED) is 0.735. The van der Waals surface area contributed by atoms with Gasteiger partial charge >= 0.3 is 0 Å². The van der Waals surface area contributed by atoms with E-state index in [1.165, 1.54) is 10.3 Å². The van der Waals surface area contributed by atoms with Crippen molar-refractivity contribution in [2.24, 2.45) is 0 Å². The number of anilines is 2. The van der Waals surface area contributed by atoms with E-state index in [1.54, 1.807) is 12.4 Å². The average Bonchev–Trinajstić information content (AvgIpc) is 2.71. The van der Waals surface area contributed by atoms with Gasteiger partial charge in [-0.1, -0.05) is 21.9 Å². The molecule has 0 amide bonds. The molecule has 2 heterocycles. The zero-order valence-electron chi connectivity index (χ0n) is 8.88. The predicted octanol–water partition coefficient (Wildman–Crippen LogP) is 3.51. The van der Waals surface area contributed by atoms with Crippen molar-refractivity contribution in [2.45, 2.75) is 0 Å². The summed E-state index contributed by atoms with van der Waals surface area (Å²) < 4.78 is -0.121. The Balaban J connectivity index is 2.00. The van der Waals surface area contributed by atoms with Crippen LogP contribution >= 0.6 is 32.3 Å². The third-order valence-electron chi connectivity index (χ3n) is 2.31. The Morgan fingerprint density at radius 3 is 2.61 bits per heavy atom. The van der Waals surface area contributed by atoms with E-state index < -0.39 is 0 Å². The molecule has 0 atom stereocenters. The van der Waals surface area contributed by atoms with E-state index in [9.17, 15) is 4.79 Å². The maximum absolute atomic E-state index is 11.3. The average molecular weight is 296 g/mol. The van der Waals surface area contributed by atoms with Crippen molar-refractivity contribution in [1.82, 2.24) is 9.97 Å². The van der Waals surface area contributed by atoms with Gasteiger partial charge in [0.2, 0.25) is 0 Å². The van der Waals surface area contributed by atoms with Crippen LogP contribution in [0.1, 0.15) is 0 Å². The molecule has 0 saturated carbocycles. The monoisotopic (exact) mass is 295 g/mol. The fourth-order valence-electron chi connectivity index (χ4n) is 1.49.